The molecule has 1 N–H and O–H groups in total. The van der Waals surface area contributed by atoms with Crippen molar-refractivity contribution in [2.24, 2.45) is 5.11 Å². The Morgan fingerprint density at radius 2 is 2.10 bits per heavy atom. The molecule has 0 aromatic carbocycles. The molecule has 0 heterocycles. The van der Waals surface area contributed by atoms with E-state index in [2.05, 4.69) is 10.0 Å². The Bertz CT molecular complexity index is 131. The van der Waals surface area contributed by atoms with E-state index < -0.39 is 6.10 Å². The SMILES string of the molecule is CC[C@@H](O)[C@H](CC)N=[N+]=[N-]. The summed E-state index contributed by atoms with van der Waals surface area (Å²) in [6.45, 7) is 3.75. The van der Waals surface area contributed by atoms with Crippen LogP contribution in [0.3, 0.4) is 0 Å². The molecule has 4 nitrogen and oxygen atoms in total. The lowest BCUT2D eigenvalue weighted by atomic mass is 10.1. The molecule has 0 aliphatic heterocycles. The van der Waals surface area contributed by atoms with Crippen LogP contribution in [0, 0.1) is 0 Å². The van der Waals surface area contributed by atoms with Gasteiger partial charge in [-0.15, -0.1) is 0 Å². The van der Waals surface area contributed by atoms with Gasteiger partial charge >= 0.3 is 0 Å². The second-order valence-electron chi connectivity index (χ2n) is 2.16. The molecule has 2 atom stereocenters. The van der Waals surface area contributed by atoms with Crippen LogP contribution in [-0.2, 0) is 0 Å². The highest BCUT2D eigenvalue weighted by molar-refractivity contribution is 4.72. The topological polar surface area (TPSA) is 69.0 Å². The maximum absolute atomic E-state index is 9.18. The Hall–Kier alpha value is -0.730. The van der Waals surface area contributed by atoms with Crippen LogP contribution in [0.4, 0.5) is 0 Å². The van der Waals surface area contributed by atoms with E-state index >= 15 is 0 Å². The summed E-state index contributed by atoms with van der Waals surface area (Å²) >= 11 is 0. The zero-order chi connectivity index (χ0) is 7.98. The largest absolute Gasteiger partial charge is 0.393 e. The third-order valence-electron chi connectivity index (χ3n) is 1.48. The molecule has 10 heavy (non-hydrogen) atoms. The predicted molar refractivity (Wildman–Crippen MR) is 39.5 cm³/mol. The van der Waals surface area contributed by atoms with Crippen molar-refractivity contribution in [3.05, 3.63) is 10.4 Å². The Labute approximate surface area is 60.5 Å². The lowest BCUT2D eigenvalue weighted by Gasteiger charge is -2.13. The lowest BCUT2D eigenvalue weighted by molar-refractivity contribution is 0.138. The molecule has 0 amide bonds. The lowest BCUT2D eigenvalue weighted by Crippen LogP contribution is -2.21. The van der Waals surface area contributed by atoms with Gasteiger partial charge in [-0.2, -0.15) is 0 Å². The van der Waals surface area contributed by atoms with Crippen molar-refractivity contribution < 1.29 is 5.11 Å². The predicted octanol–water partition coefficient (Wildman–Crippen LogP) is 1.85. The second kappa shape index (κ2) is 5.09. The Kier molecular flexibility index (Phi) is 4.72. The van der Waals surface area contributed by atoms with Crippen molar-refractivity contribution in [2.45, 2.75) is 38.8 Å². The zero-order valence-corrected chi connectivity index (χ0v) is 6.36. The van der Waals surface area contributed by atoms with Crippen LogP contribution in [0.2, 0.25) is 0 Å². The molecule has 0 bridgehead atoms. The maximum atomic E-state index is 9.18. The summed E-state index contributed by atoms with van der Waals surface area (Å²) in [5.41, 5.74) is 8.06. The van der Waals surface area contributed by atoms with Crippen molar-refractivity contribution in [1.82, 2.24) is 0 Å². The summed E-state index contributed by atoms with van der Waals surface area (Å²) in [6.07, 6.45) is 0.845. The molecule has 58 valence electrons. The average molecular weight is 143 g/mol. The first-order valence-electron chi connectivity index (χ1n) is 3.48. The summed E-state index contributed by atoms with van der Waals surface area (Å²) in [4.78, 5) is 2.64. The van der Waals surface area contributed by atoms with E-state index in [1.807, 2.05) is 13.8 Å². The van der Waals surface area contributed by atoms with E-state index in [1.165, 1.54) is 0 Å². The number of azide groups is 1. The molecule has 0 unspecified atom stereocenters. The van der Waals surface area contributed by atoms with E-state index in [9.17, 15) is 5.11 Å². The van der Waals surface area contributed by atoms with Crippen molar-refractivity contribution >= 4 is 0 Å². The van der Waals surface area contributed by atoms with Crippen LogP contribution >= 0.6 is 0 Å². The van der Waals surface area contributed by atoms with Gasteiger partial charge in [0.15, 0.2) is 0 Å². The molecule has 4 heteroatoms. The number of aliphatic hydroxyl groups is 1. The standard InChI is InChI=1S/C6H13N3O/c1-3-5(8-9-7)6(10)4-2/h5-6,10H,3-4H2,1-2H3/t5-,6+/m0/s1. The van der Waals surface area contributed by atoms with Crippen LogP contribution in [-0.4, -0.2) is 17.3 Å². The number of nitrogens with zero attached hydrogens (tertiary/aromatic N) is 3. The number of rotatable bonds is 4. The van der Waals surface area contributed by atoms with Gasteiger partial charge in [0.1, 0.15) is 0 Å². The fraction of sp³-hybridized carbons (Fsp3) is 1.00. The molecule has 0 aromatic heterocycles. The van der Waals surface area contributed by atoms with Crippen LogP contribution in [0.5, 0.6) is 0 Å². The van der Waals surface area contributed by atoms with Gasteiger partial charge in [-0.05, 0) is 18.4 Å². The van der Waals surface area contributed by atoms with Crippen molar-refractivity contribution in [3.8, 4) is 0 Å². The Balaban J connectivity index is 3.91. The molecule has 0 aliphatic carbocycles. The highest BCUT2D eigenvalue weighted by atomic mass is 16.3. The van der Waals surface area contributed by atoms with E-state index in [-0.39, 0.29) is 6.04 Å². The van der Waals surface area contributed by atoms with Crippen LogP contribution < -0.4 is 0 Å². The van der Waals surface area contributed by atoms with Crippen molar-refractivity contribution in [2.75, 3.05) is 0 Å². The third-order valence-corrected chi connectivity index (χ3v) is 1.48. The van der Waals surface area contributed by atoms with Gasteiger partial charge in [-0.3, -0.25) is 0 Å². The van der Waals surface area contributed by atoms with E-state index in [0.717, 1.165) is 0 Å². The summed E-state index contributed by atoms with van der Waals surface area (Å²) in [6, 6.07) is -0.255. The molecule has 0 rings (SSSR count). The van der Waals surface area contributed by atoms with Gasteiger partial charge in [0, 0.05) is 4.91 Å². The molecule has 0 aromatic rings. The van der Waals surface area contributed by atoms with Gasteiger partial charge in [-0.1, -0.05) is 19.0 Å². The second-order valence-corrected chi connectivity index (χ2v) is 2.16. The van der Waals surface area contributed by atoms with Crippen molar-refractivity contribution in [1.29, 1.82) is 0 Å². The summed E-state index contributed by atoms with van der Waals surface area (Å²) in [5, 5.41) is 12.6. The fourth-order valence-corrected chi connectivity index (χ4v) is 0.769. The minimum Gasteiger partial charge on any atom is -0.393 e. The molecule has 0 saturated heterocycles. The zero-order valence-electron chi connectivity index (χ0n) is 6.36. The third kappa shape index (κ3) is 2.71. The maximum Gasteiger partial charge on any atom is 0.0631 e. The minimum absolute atomic E-state index is 0.255. The van der Waals surface area contributed by atoms with Crippen LogP contribution in [0.15, 0.2) is 5.11 Å². The molecule has 0 fully saturated rings. The number of aliphatic hydroxyl groups excluding tert-OH is 1. The molecule has 0 spiro atoms. The van der Waals surface area contributed by atoms with Crippen LogP contribution in [0.25, 0.3) is 10.4 Å². The highest BCUT2D eigenvalue weighted by Crippen LogP contribution is 2.06. The monoisotopic (exact) mass is 143 g/mol. The molecule has 0 saturated carbocycles. The molecule has 0 aliphatic rings. The Morgan fingerprint density at radius 1 is 1.50 bits per heavy atom. The summed E-state index contributed by atoms with van der Waals surface area (Å²) in [7, 11) is 0. The molecular weight excluding hydrogens is 130 g/mol. The quantitative estimate of drug-likeness (QED) is 0.364. The van der Waals surface area contributed by atoms with Crippen LogP contribution in [0.1, 0.15) is 26.7 Å². The first-order chi connectivity index (χ1) is 4.76. The Morgan fingerprint density at radius 3 is 2.40 bits per heavy atom. The van der Waals surface area contributed by atoms with Gasteiger partial charge < -0.3 is 5.11 Å². The number of hydrogen-bond acceptors (Lipinski definition) is 2. The van der Waals surface area contributed by atoms with E-state index in [4.69, 9.17) is 5.53 Å². The van der Waals surface area contributed by atoms with Gasteiger partial charge in [0.05, 0.1) is 12.1 Å². The summed E-state index contributed by atoms with van der Waals surface area (Å²) in [5.74, 6) is 0. The van der Waals surface area contributed by atoms with E-state index in [1.54, 1.807) is 0 Å². The summed E-state index contributed by atoms with van der Waals surface area (Å²) < 4.78 is 0. The molecular formula is C6H13N3O. The van der Waals surface area contributed by atoms with Gasteiger partial charge in [0.25, 0.3) is 0 Å². The number of hydrogen-bond donors (Lipinski definition) is 1. The highest BCUT2D eigenvalue weighted by Gasteiger charge is 2.12. The normalized spacial score (nSPS) is 15.5. The molecule has 0 radical (unpaired) electrons. The fourth-order valence-electron chi connectivity index (χ4n) is 0.769. The van der Waals surface area contributed by atoms with E-state index in [0.29, 0.717) is 12.8 Å². The van der Waals surface area contributed by atoms with Gasteiger partial charge in [0.2, 0.25) is 0 Å². The smallest absolute Gasteiger partial charge is 0.0631 e. The van der Waals surface area contributed by atoms with Gasteiger partial charge in [-0.25, -0.2) is 0 Å². The van der Waals surface area contributed by atoms with Crippen molar-refractivity contribution in [3.63, 3.8) is 0 Å². The first-order valence-corrected chi connectivity index (χ1v) is 3.48. The first kappa shape index (κ1) is 9.27. The minimum atomic E-state index is -0.485. The average Bonchev–Trinajstić information content (AvgIpc) is 1.99.